The second kappa shape index (κ2) is 6.76. The van der Waals surface area contributed by atoms with Crippen molar-refractivity contribution < 1.29 is 13.2 Å². The zero-order chi connectivity index (χ0) is 17.2. The maximum absolute atomic E-state index is 12.7. The highest BCUT2D eigenvalue weighted by Gasteiger charge is 2.25. The van der Waals surface area contributed by atoms with E-state index in [1.807, 2.05) is 15.7 Å². The van der Waals surface area contributed by atoms with Crippen LogP contribution in [0.1, 0.15) is 36.2 Å². The zero-order valence-corrected chi connectivity index (χ0v) is 14.4. The van der Waals surface area contributed by atoms with Crippen molar-refractivity contribution in [3.05, 3.63) is 48.5 Å². The topological polar surface area (TPSA) is 72.3 Å². The van der Waals surface area contributed by atoms with E-state index >= 15 is 0 Å². The number of carbonyl (C=O) groups is 1. The molecule has 3 rings (SSSR count). The van der Waals surface area contributed by atoms with E-state index in [2.05, 4.69) is 4.98 Å². The Morgan fingerprint density at radius 2 is 2.04 bits per heavy atom. The largest absolute Gasteiger partial charge is 0.337 e. The van der Waals surface area contributed by atoms with Gasteiger partial charge in [0.2, 0.25) is 0 Å². The number of imidazole rings is 1. The van der Waals surface area contributed by atoms with Crippen LogP contribution in [-0.4, -0.2) is 47.6 Å². The molecule has 1 aromatic carbocycles. The number of rotatable bonds is 4. The number of nitrogens with zero attached hydrogens (tertiary/aromatic N) is 3. The molecule has 1 aliphatic rings. The molecular formula is C17H21N3O3S. The minimum absolute atomic E-state index is 0.0546. The molecule has 1 saturated heterocycles. The van der Waals surface area contributed by atoms with Gasteiger partial charge in [-0.1, -0.05) is 6.92 Å². The summed E-state index contributed by atoms with van der Waals surface area (Å²) >= 11 is 0. The van der Waals surface area contributed by atoms with Gasteiger partial charge in [-0.25, -0.2) is 13.4 Å². The van der Waals surface area contributed by atoms with E-state index < -0.39 is 9.84 Å². The molecule has 7 heteroatoms. The SMILES string of the molecule is CCS(=O)(=O)c1ccc(C(=O)N2CCC[C@@H](n3ccnc3)C2)cc1. The van der Waals surface area contributed by atoms with Crippen molar-refractivity contribution in [3.63, 3.8) is 0 Å². The fourth-order valence-corrected chi connectivity index (χ4v) is 3.91. The molecule has 0 bridgehead atoms. The molecule has 1 aliphatic heterocycles. The third kappa shape index (κ3) is 3.36. The highest BCUT2D eigenvalue weighted by molar-refractivity contribution is 7.91. The van der Waals surface area contributed by atoms with Crippen LogP contribution in [0.25, 0.3) is 0 Å². The summed E-state index contributed by atoms with van der Waals surface area (Å²) in [5.74, 6) is -0.000746. The van der Waals surface area contributed by atoms with Gasteiger partial charge in [-0.3, -0.25) is 4.79 Å². The summed E-state index contributed by atoms with van der Waals surface area (Å²) in [7, 11) is -3.24. The first-order valence-electron chi connectivity index (χ1n) is 8.11. The molecule has 0 N–H and O–H groups in total. The molecule has 2 heterocycles. The average molecular weight is 347 g/mol. The van der Waals surface area contributed by atoms with Gasteiger partial charge in [-0.15, -0.1) is 0 Å². The first kappa shape index (κ1) is 16.7. The van der Waals surface area contributed by atoms with Gasteiger partial charge in [0.05, 0.1) is 23.0 Å². The van der Waals surface area contributed by atoms with Gasteiger partial charge in [0, 0.05) is 31.0 Å². The minimum Gasteiger partial charge on any atom is -0.337 e. The number of hydrogen-bond acceptors (Lipinski definition) is 4. The van der Waals surface area contributed by atoms with Gasteiger partial charge in [-0.05, 0) is 37.1 Å². The Morgan fingerprint density at radius 1 is 1.29 bits per heavy atom. The van der Waals surface area contributed by atoms with Crippen molar-refractivity contribution in [2.24, 2.45) is 0 Å². The van der Waals surface area contributed by atoms with Crippen LogP contribution in [0.3, 0.4) is 0 Å². The number of likely N-dealkylation sites (tertiary alicyclic amines) is 1. The molecule has 0 aliphatic carbocycles. The standard InChI is InChI=1S/C17H21N3O3S/c1-2-24(22,23)16-7-5-14(6-8-16)17(21)19-10-3-4-15(12-19)20-11-9-18-13-20/h5-9,11,13,15H,2-4,10,12H2,1H3/t15-/m1/s1. The van der Waals surface area contributed by atoms with Crippen LogP contribution in [0.15, 0.2) is 47.9 Å². The average Bonchev–Trinajstić information content (AvgIpc) is 3.16. The summed E-state index contributed by atoms with van der Waals surface area (Å²) in [5, 5.41) is 0. The number of aromatic nitrogens is 2. The quantitative estimate of drug-likeness (QED) is 0.849. The Balaban J connectivity index is 1.74. The molecule has 1 amide bonds. The number of sulfone groups is 1. The second-order valence-electron chi connectivity index (χ2n) is 5.98. The van der Waals surface area contributed by atoms with Crippen LogP contribution < -0.4 is 0 Å². The number of amides is 1. The predicted octanol–water partition coefficient (Wildman–Crippen LogP) is 2.15. The maximum Gasteiger partial charge on any atom is 0.253 e. The molecule has 0 radical (unpaired) electrons. The smallest absolute Gasteiger partial charge is 0.253 e. The summed E-state index contributed by atoms with van der Waals surface area (Å²) in [4.78, 5) is 18.9. The van der Waals surface area contributed by atoms with Crippen LogP contribution >= 0.6 is 0 Å². The third-order valence-corrected chi connectivity index (χ3v) is 6.22. The minimum atomic E-state index is -3.24. The summed E-state index contributed by atoms with van der Waals surface area (Å²) in [6.45, 7) is 2.97. The Labute approximate surface area is 142 Å². The van der Waals surface area contributed by atoms with Crippen LogP contribution in [0, 0.1) is 0 Å². The molecule has 1 atom stereocenters. The summed E-state index contributed by atoms with van der Waals surface area (Å²) in [6.07, 6.45) is 7.41. The van der Waals surface area contributed by atoms with Gasteiger partial charge >= 0.3 is 0 Å². The van der Waals surface area contributed by atoms with Crippen LogP contribution in [0.4, 0.5) is 0 Å². The molecule has 128 valence electrons. The number of piperidine rings is 1. The first-order valence-corrected chi connectivity index (χ1v) is 9.76. The first-order chi connectivity index (χ1) is 11.5. The fourth-order valence-electron chi connectivity index (χ4n) is 3.02. The zero-order valence-electron chi connectivity index (χ0n) is 13.6. The number of benzene rings is 1. The van der Waals surface area contributed by atoms with E-state index in [1.165, 1.54) is 12.1 Å². The Bertz CT molecular complexity index is 798. The van der Waals surface area contributed by atoms with Gasteiger partial charge < -0.3 is 9.47 Å². The van der Waals surface area contributed by atoms with E-state index in [0.717, 1.165) is 19.4 Å². The monoisotopic (exact) mass is 347 g/mol. The molecule has 2 aromatic rings. The summed E-state index contributed by atoms with van der Waals surface area (Å²) in [6, 6.07) is 6.48. The highest BCUT2D eigenvalue weighted by atomic mass is 32.2. The molecule has 0 saturated carbocycles. The molecule has 6 nitrogen and oxygen atoms in total. The maximum atomic E-state index is 12.7. The Hall–Kier alpha value is -2.15. The van der Waals surface area contributed by atoms with Gasteiger partial charge in [0.25, 0.3) is 5.91 Å². The second-order valence-corrected chi connectivity index (χ2v) is 8.26. The molecule has 1 aromatic heterocycles. The van der Waals surface area contributed by atoms with E-state index in [4.69, 9.17) is 0 Å². The van der Waals surface area contributed by atoms with Crippen molar-refractivity contribution >= 4 is 15.7 Å². The summed E-state index contributed by atoms with van der Waals surface area (Å²) in [5.41, 5.74) is 0.524. The van der Waals surface area contributed by atoms with Crippen molar-refractivity contribution in [1.29, 1.82) is 0 Å². The van der Waals surface area contributed by atoms with Gasteiger partial charge in [0.1, 0.15) is 0 Å². The third-order valence-electron chi connectivity index (χ3n) is 4.47. The molecule has 1 fully saturated rings. The van der Waals surface area contributed by atoms with Crippen molar-refractivity contribution in [2.45, 2.75) is 30.7 Å². The number of hydrogen-bond donors (Lipinski definition) is 0. The predicted molar refractivity (Wildman–Crippen MR) is 90.6 cm³/mol. The van der Waals surface area contributed by atoms with E-state index in [0.29, 0.717) is 12.1 Å². The lowest BCUT2D eigenvalue weighted by Gasteiger charge is -2.33. The Kier molecular flexibility index (Phi) is 4.71. The van der Waals surface area contributed by atoms with Crippen LogP contribution in [-0.2, 0) is 9.84 Å². The van der Waals surface area contributed by atoms with E-state index in [1.54, 1.807) is 31.6 Å². The summed E-state index contributed by atoms with van der Waals surface area (Å²) < 4.78 is 25.7. The van der Waals surface area contributed by atoms with Crippen molar-refractivity contribution in [2.75, 3.05) is 18.8 Å². The normalized spacial score (nSPS) is 18.5. The fraction of sp³-hybridized carbons (Fsp3) is 0.412. The number of carbonyl (C=O) groups excluding carboxylic acids is 1. The van der Waals surface area contributed by atoms with Crippen molar-refractivity contribution in [3.8, 4) is 0 Å². The van der Waals surface area contributed by atoms with Gasteiger partial charge in [-0.2, -0.15) is 0 Å². The lowest BCUT2D eigenvalue weighted by Crippen LogP contribution is -2.40. The van der Waals surface area contributed by atoms with Crippen molar-refractivity contribution in [1.82, 2.24) is 14.5 Å². The lowest BCUT2D eigenvalue weighted by molar-refractivity contribution is 0.0679. The molecule has 0 unspecified atom stereocenters. The van der Waals surface area contributed by atoms with E-state index in [9.17, 15) is 13.2 Å². The van der Waals surface area contributed by atoms with Crippen LogP contribution in [0.2, 0.25) is 0 Å². The van der Waals surface area contributed by atoms with E-state index in [-0.39, 0.29) is 22.6 Å². The highest BCUT2D eigenvalue weighted by Crippen LogP contribution is 2.23. The molecule has 24 heavy (non-hydrogen) atoms. The molecule has 0 spiro atoms. The van der Waals surface area contributed by atoms with Gasteiger partial charge in [0.15, 0.2) is 9.84 Å². The Morgan fingerprint density at radius 3 is 2.67 bits per heavy atom. The van der Waals surface area contributed by atoms with Crippen LogP contribution in [0.5, 0.6) is 0 Å². The lowest BCUT2D eigenvalue weighted by atomic mass is 10.0. The molecular weight excluding hydrogens is 326 g/mol.